The fourth-order valence-corrected chi connectivity index (χ4v) is 9.71. The van der Waals surface area contributed by atoms with Gasteiger partial charge in [-0.15, -0.1) is 0 Å². The van der Waals surface area contributed by atoms with E-state index in [1.165, 1.54) is 173 Å². The van der Waals surface area contributed by atoms with Crippen molar-refractivity contribution in [1.29, 1.82) is 0 Å². The number of hydrogen-bond donors (Lipinski definition) is 6. The minimum absolute atomic E-state index is 0.227. The van der Waals surface area contributed by atoms with Crippen LogP contribution in [0.15, 0.2) is 24.3 Å². The molecule has 1 aliphatic heterocycles. The van der Waals surface area contributed by atoms with Crippen LogP contribution >= 0.6 is 0 Å². The lowest BCUT2D eigenvalue weighted by atomic mass is 9.99. The van der Waals surface area contributed by atoms with Crippen molar-refractivity contribution in [2.45, 2.75) is 307 Å². The molecule has 1 amide bonds. The fraction of sp³-hybridized carbons (Fsp3) is 0.909. The molecule has 1 heterocycles. The molecule has 0 aromatic carbocycles. The Hall–Kier alpha value is -1.42. The maximum Gasteiger partial charge on any atom is 0.397 e. The number of nitrogens with one attached hydrogen (secondary N) is 1. The number of rotatable bonds is 49. The molecular weight excluding hydrogens is 883 g/mol. The van der Waals surface area contributed by atoms with E-state index in [-0.39, 0.29) is 12.5 Å². The highest BCUT2D eigenvalue weighted by atomic mass is 32.3. The summed E-state index contributed by atoms with van der Waals surface area (Å²) in [5.74, 6) is -0.227. The molecule has 7 unspecified atom stereocenters. The molecule has 68 heavy (non-hydrogen) atoms. The molecule has 402 valence electrons. The Morgan fingerprint density at radius 2 is 1.03 bits per heavy atom. The minimum Gasteiger partial charge on any atom is -0.394 e. The Morgan fingerprint density at radius 1 is 0.603 bits per heavy atom. The third-order valence-corrected chi connectivity index (χ3v) is 14.0. The number of carbonyl (C=O) groups is 1. The number of unbranched alkanes of at least 4 members (excludes halogenated alkanes) is 33. The van der Waals surface area contributed by atoms with Gasteiger partial charge in [0, 0.05) is 6.42 Å². The lowest BCUT2D eigenvalue weighted by Crippen LogP contribution is -2.61. The number of amides is 1. The third-order valence-electron chi connectivity index (χ3n) is 13.5. The van der Waals surface area contributed by atoms with Crippen LogP contribution in [0.4, 0.5) is 0 Å². The summed E-state index contributed by atoms with van der Waals surface area (Å²) in [6, 6.07) is -0.857. The van der Waals surface area contributed by atoms with Gasteiger partial charge in [0.05, 0.1) is 25.4 Å². The van der Waals surface area contributed by atoms with Crippen LogP contribution in [-0.2, 0) is 28.9 Å². The van der Waals surface area contributed by atoms with E-state index >= 15 is 0 Å². The SMILES string of the molecule is CC/C=C\C/C=C\CCCCCCCCCCCCCCCCC(=O)NC(COC1OC(CO)C(O)C(OS(=O)(=O)O)C1O)C(O)CCCCCCCCCCCCCCCCCCCCCC. The maximum atomic E-state index is 13.1. The van der Waals surface area contributed by atoms with Crippen LogP contribution in [0.2, 0.25) is 0 Å². The molecule has 0 bridgehead atoms. The Labute approximate surface area is 416 Å². The fourth-order valence-electron chi connectivity index (χ4n) is 9.21. The van der Waals surface area contributed by atoms with E-state index in [1.54, 1.807) is 0 Å². The highest BCUT2D eigenvalue weighted by Crippen LogP contribution is 2.26. The zero-order chi connectivity index (χ0) is 49.8. The number of carbonyl (C=O) groups excluding carboxylic acids is 1. The van der Waals surface area contributed by atoms with Crippen LogP contribution in [0.5, 0.6) is 0 Å². The van der Waals surface area contributed by atoms with Crippen molar-refractivity contribution >= 4 is 16.3 Å². The van der Waals surface area contributed by atoms with Gasteiger partial charge in [-0.2, -0.15) is 8.42 Å². The third kappa shape index (κ3) is 37.4. The highest BCUT2D eigenvalue weighted by Gasteiger charge is 2.48. The predicted octanol–water partition coefficient (Wildman–Crippen LogP) is 12.8. The van der Waals surface area contributed by atoms with E-state index in [0.29, 0.717) is 12.8 Å². The first kappa shape index (κ1) is 64.6. The van der Waals surface area contributed by atoms with E-state index in [9.17, 15) is 38.2 Å². The van der Waals surface area contributed by atoms with Crippen LogP contribution < -0.4 is 5.32 Å². The van der Waals surface area contributed by atoms with Crippen molar-refractivity contribution in [3.05, 3.63) is 24.3 Å². The van der Waals surface area contributed by atoms with Crippen LogP contribution in [0.1, 0.15) is 264 Å². The lowest BCUT2D eigenvalue weighted by molar-refractivity contribution is -0.298. The van der Waals surface area contributed by atoms with Crippen molar-refractivity contribution in [2.75, 3.05) is 13.2 Å². The number of allylic oxidation sites excluding steroid dienone is 4. The summed E-state index contributed by atoms with van der Waals surface area (Å²) in [6.07, 6.45) is 46.0. The Balaban J connectivity index is 2.36. The zero-order valence-corrected chi connectivity index (χ0v) is 44.3. The van der Waals surface area contributed by atoms with E-state index in [4.69, 9.17) is 9.47 Å². The molecule has 0 aromatic rings. The average molecular weight is 989 g/mol. The first-order chi connectivity index (χ1) is 33.0. The van der Waals surface area contributed by atoms with Gasteiger partial charge in [0.1, 0.15) is 24.4 Å². The minimum atomic E-state index is -5.08. The van der Waals surface area contributed by atoms with Gasteiger partial charge in [0.2, 0.25) is 5.91 Å². The van der Waals surface area contributed by atoms with Gasteiger partial charge in [-0.05, 0) is 38.5 Å². The first-order valence-corrected chi connectivity index (χ1v) is 29.6. The molecule has 13 heteroatoms. The molecule has 7 atom stereocenters. The van der Waals surface area contributed by atoms with Crippen LogP contribution in [0.25, 0.3) is 0 Å². The summed E-state index contributed by atoms with van der Waals surface area (Å²) in [7, 11) is -5.08. The summed E-state index contributed by atoms with van der Waals surface area (Å²) in [5.41, 5.74) is 0. The van der Waals surface area contributed by atoms with Gasteiger partial charge >= 0.3 is 10.4 Å². The molecule has 0 aliphatic carbocycles. The van der Waals surface area contributed by atoms with Crippen molar-refractivity contribution in [3.63, 3.8) is 0 Å². The topological polar surface area (TPSA) is 192 Å². The number of ether oxygens (including phenoxy) is 2. The van der Waals surface area contributed by atoms with Gasteiger partial charge in [0.15, 0.2) is 6.29 Å². The maximum absolute atomic E-state index is 13.1. The van der Waals surface area contributed by atoms with E-state index in [0.717, 1.165) is 64.2 Å². The lowest BCUT2D eigenvalue weighted by Gasteiger charge is -2.41. The average Bonchev–Trinajstić information content (AvgIpc) is 3.31. The van der Waals surface area contributed by atoms with Gasteiger partial charge in [-0.25, -0.2) is 4.18 Å². The highest BCUT2D eigenvalue weighted by molar-refractivity contribution is 7.80. The Morgan fingerprint density at radius 3 is 1.47 bits per heavy atom. The largest absolute Gasteiger partial charge is 0.397 e. The van der Waals surface area contributed by atoms with Gasteiger partial charge < -0.3 is 35.2 Å². The smallest absolute Gasteiger partial charge is 0.394 e. The molecule has 1 saturated heterocycles. The summed E-state index contributed by atoms with van der Waals surface area (Å²) >= 11 is 0. The molecule has 1 fully saturated rings. The summed E-state index contributed by atoms with van der Waals surface area (Å²) in [5, 5.41) is 45.1. The standard InChI is InChI=1S/C55H105NO11S/c1-3-5-7-9-11-13-15-17-19-21-23-25-27-29-31-33-35-37-39-41-43-45-51(59)56-48(47-65-55-53(61)54(67-68(62,63)64)52(60)50(46-57)66-55)49(58)44-42-40-38-36-34-32-30-28-26-24-22-20-18-16-14-12-10-8-6-4-2/h5,7,11,13,48-50,52-55,57-58,60-61H,3-4,6,8-10,12,14-47H2,1-2H3,(H,56,59)(H,62,63,64)/b7-5-,13-11-. The van der Waals surface area contributed by atoms with Crippen molar-refractivity contribution < 1.29 is 51.8 Å². The van der Waals surface area contributed by atoms with Crippen molar-refractivity contribution in [3.8, 4) is 0 Å². The van der Waals surface area contributed by atoms with Crippen LogP contribution in [0, 0.1) is 0 Å². The van der Waals surface area contributed by atoms with Crippen molar-refractivity contribution in [1.82, 2.24) is 5.32 Å². The summed E-state index contributed by atoms with van der Waals surface area (Å²) in [4.78, 5) is 13.1. The second-order valence-corrected chi connectivity index (χ2v) is 20.9. The van der Waals surface area contributed by atoms with Gasteiger partial charge in [-0.3, -0.25) is 9.35 Å². The monoisotopic (exact) mass is 988 g/mol. The Bertz CT molecular complexity index is 1300. The number of hydrogen-bond acceptors (Lipinski definition) is 10. The molecule has 1 rings (SSSR count). The molecule has 6 N–H and O–H groups in total. The molecule has 0 aromatic heterocycles. The molecule has 1 aliphatic rings. The molecule has 12 nitrogen and oxygen atoms in total. The zero-order valence-electron chi connectivity index (χ0n) is 43.4. The normalized spacial score (nSPS) is 19.9. The Kier molecular flexibility index (Phi) is 43.2. The first-order valence-electron chi connectivity index (χ1n) is 28.2. The quantitative estimate of drug-likeness (QED) is 0.0193. The van der Waals surface area contributed by atoms with Crippen LogP contribution in [-0.4, -0.2) is 95.4 Å². The van der Waals surface area contributed by atoms with Crippen molar-refractivity contribution in [2.24, 2.45) is 0 Å². The van der Waals surface area contributed by atoms with Crippen LogP contribution in [0.3, 0.4) is 0 Å². The number of aliphatic hydroxyl groups is 4. The molecule has 0 radical (unpaired) electrons. The van der Waals surface area contributed by atoms with Gasteiger partial charge in [0.25, 0.3) is 0 Å². The van der Waals surface area contributed by atoms with Gasteiger partial charge in [-0.1, -0.05) is 244 Å². The second kappa shape index (κ2) is 45.4. The molecule has 0 spiro atoms. The molecule has 0 saturated carbocycles. The van der Waals surface area contributed by atoms with E-state index in [1.807, 2.05) is 0 Å². The summed E-state index contributed by atoms with van der Waals surface area (Å²) < 4.78 is 47.9. The predicted molar refractivity (Wildman–Crippen MR) is 278 cm³/mol. The second-order valence-electron chi connectivity index (χ2n) is 19.9. The molecular formula is C55H105NO11S. The number of aliphatic hydroxyl groups excluding tert-OH is 4. The summed E-state index contributed by atoms with van der Waals surface area (Å²) in [6.45, 7) is 3.39. The van der Waals surface area contributed by atoms with E-state index in [2.05, 4.69) is 47.7 Å². The van der Waals surface area contributed by atoms with E-state index < -0.39 is 59.9 Å².